The molecule has 1 aliphatic heterocycles. The summed E-state index contributed by atoms with van der Waals surface area (Å²) in [5, 5.41) is 0.612. The summed E-state index contributed by atoms with van der Waals surface area (Å²) in [6, 6.07) is 1.79. The molecule has 0 saturated heterocycles. The molecule has 0 atom stereocenters. The first kappa shape index (κ1) is 11.3. The van der Waals surface area contributed by atoms with Gasteiger partial charge in [-0.1, -0.05) is 0 Å². The van der Waals surface area contributed by atoms with E-state index in [-0.39, 0.29) is 18.4 Å². The summed E-state index contributed by atoms with van der Waals surface area (Å²) < 4.78 is 24.7. The molecule has 18 heavy (non-hydrogen) atoms. The highest BCUT2D eigenvalue weighted by Gasteiger charge is 2.23. The number of halogens is 1. The van der Waals surface area contributed by atoms with E-state index in [1.54, 1.807) is 6.07 Å². The average molecular weight is 250 g/mol. The van der Waals surface area contributed by atoms with Crippen LogP contribution in [0.1, 0.15) is 5.56 Å². The molecule has 0 fully saturated rings. The predicted octanol–water partition coefficient (Wildman–Crippen LogP) is 2.14. The van der Waals surface area contributed by atoms with Crippen LogP contribution in [0.25, 0.3) is 10.9 Å². The predicted molar refractivity (Wildman–Crippen MR) is 66.6 cm³/mol. The van der Waals surface area contributed by atoms with Crippen molar-refractivity contribution in [2.45, 2.75) is 6.42 Å². The minimum absolute atomic E-state index is 0.0892. The van der Waals surface area contributed by atoms with Gasteiger partial charge in [0.1, 0.15) is 0 Å². The summed E-state index contributed by atoms with van der Waals surface area (Å²) in [7, 11) is 4.00. The molecule has 2 aromatic rings. The van der Waals surface area contributed by atoms with E-state index in [9.17, 15) is 4.39 Å². The van der Waals surface area contributed by atoms with Gasteiger partial charge < -0.3 is 19.4 Å². The first-order valence-corrected chi connectivity index (χ1v) is 5.89. The Labute approximate surface area is 104 Å². The molecule has 0 unspecified atom stereocenters. The van der Waals surface area contributed by atoms with Crippen LogP contribution in [0, 0.1) is 5.82 Å². The van der Waals surface area contributed by atoms with Crippen LogP contribution in [0.4, 0.5) is 4.39 Å². The Bertz CT molecular complexity index is 592. The van der Waals surface area contributed by atoms with Crippen LogP contribution in [0.15, 0.2) is 12.3 Å². The number of benzene rings is 1. The second kappa shape index (κ2) is 4.17. The number of likely N-dealkylation sites (N-methyl/N-ethyl adjacent to an activating group) is 1. The molecule has 1 aromatic heterocycles. The van der Waals surface area contributed by atoms with Gasteiger partial charge in [0.15, 0.2) is 11.6 Å². The number of hydrogen-bond acceptors (Lipinski definition) is 3. The summed E-state index contributed by atoms with van der Waals surface area (Å²) in [6.07, 6.45) is 2.65. The van der Waals surface area contributed by atoms with Crippen molar-refractivity contribution in [3.05, 3.63) is 23.6 Å². The zero-order valence-electron chi connectivity index (χ0n) is 10.4. The maximum Gasteiger partial charge on any atom is 0.231 e. The van der Waals surface area contributed by atoms with Crippen molar-refractivity contribution < 1.29 is 13.9 Å². The first-order valence-electron chi connectivity index (χ1n) is 5.89. The molecule has 0 amide bonds. The summed E-state index contributed by atoms with van der Waals surface area (Å²) >= 11 is 0. The third-order valence-corrected chi connectivity index (χ3v) is 3.16. The minimum Gasteiger partial charge on any atom is -0.453 e. The standard InChI is InChI=1S/C13H15FN2O2/c1-16(2)4-3-8-6-15-9-5-10-13(18-7-17-10)12(14)11(8)9/h5-6,15H,3-4,7H2,1-2H3. The molecule has 1 aliphatic rings. The van der Waals surface area contributed by atoms with Gasteiger partial charge in [-0.15, -0.1) is 0 Å². The lowest BCUT2D eigenvalue weighted by Crippen LogP contribution is -2.14. The smallest absolute Gasteiger partial charge is 0.231 e. The van der Waals surface area contributed by atoms with Gasteiger partial charge in [0.2, 0.25) is 12.5 Å². The fraction of sp³-hybridized carbons (Fsp3) is 0.385. The van der Waals surface area contributed by atoms with Gasteiger partial charge in [-0.3, -0.25) is 0 Å². The molecular formula is C13H15FN2O2. The number of aromatic amines is 1. The normalized spacial score (nSPS) is 13.8. The second-order valence-corrected chi connectivity index (χ2v) is 4.71. The number of nitrogens with zero attached hydrogens (tertiary/aromatic N) is 1. The SMILES string of the molecule is CN(C)CCc1c[nH]c2cc3c(c(F)c12)OCO3. The van der Waals surface area contributed by atoms with Crippen LogP contribution >= 0.6 is 0 Å². The fourth-order valence-electron chi connectivity index (χ4n) is 2.21. The lowest BCUT2D eigenvalue weighted by Gasteiger charge is -2.08. The molecular weight excluding hydrogens is 235 g/mol. The zero-order chi connectivity index (χ0) is 12.7. The Morgan fingerprint density at radius 2 is 2.22 bits per heavy atom. The minimum atomic E-state index is -0.324. The summed E-state index contributed by atoms with van der Waals surface area (Å²) in [5.41, 5.74) is 1.72. The van der Waals surface area contributed by atoms with Crippen LogP contribution < -0.4 is 9.47 Å². The molecule has 4 nitrogen and oxygen atoms in total. The maximum atomic E-state index is 14.3. The molecule has 0 radical (unpaired) electrons. The second-order valence-electron chi connectivity index (χ2n) is 4.71. The first-order chi connectivity index (χ1) is 8.66. The van der Waals surface area contributed by atoms with E-state index < -0.39 is 0 Å². The number of ether oxygens (including phenoxy) is 2. The van der Waals surface area contributed by atoms with Crippen molar-refractivity contribution in [1.82, 2.24) is 9.88 Å². The van der Waals surface area contributed by atoms with Gasteiger partial charge in [-0.05, 0) is 26.1 Å². The van der Waals surface area contributed by atoms with E-state index in [1.807, 2.05) is 20.3 Å². The lowest BCUT2D eigenvalue weighted by atomic mass is 10.1. The molecule has 5 heteroatoms. The molecule has 3 rings (SSSR count). The van der Waals surface area contributed by atoms with Crippen molar-refractivity contribution in [1.29, 1.82) is 0 Å². The van der Waals surface area contributed by atoms with E-state index in [0.29, 0.717) is 11.1 Å². The van der Waals surface area contributed by atoms with Gasteiger partial charge in [-0.25, -0.2) is 4.39 Å². The van der Waals surface area contributed by atoms with Crippen LogP contribution in [-0.2, 0) is 6.42 Å². The Morgan fingerprint density at radius 1 is 1.39 bits per heavy atom. The Kier molecular flexibility index (Phi) is 2.63. The molecule has 0 saturated carbocycles. The monoisotopic (exact) mass is 250 g/mol. The third kappa shape index (κ3) is 1.71. The summed E-state index contributed by atoms with van der Waals surface area (Å²) in [4.78, 5) is 5.16. The van der Waals surface area contributed by atoms with Gasteiger partial charge in [0.05, 0.1) is 5.52 Å². The van der Waals surface area contributed by atoms with Gasteiger partial charge in [-0.2, -0.15) is 0 Å². The van der Waals surface area contributed by atoms with E-state index in [1.165, 1.54) is 0 Å². The van der Waals surface area contributed by atoms with Gasteiger partial charge >= 0.3 is 0 Å². The van der Waals surface area contributed by atoms with Gasteiger partial charge in [0, 0.05) is 24.2 Å². The van der Waals surface area contributed by atoms with Gasteiger partial charge in [0.25, 0.3) is 0 Å². The van der Waals surface area contributed by atoms with Crippen molar-refractivity contribution >= 4 is 10.9 Å². The number of H-pyrrole nitrogens is 1. The summed E-state index contributed by atoms with van der Waals surface area (Å²) in [5.74, 6) is 0.379. The van der Waals surface area contributed by atoms with Crippen molar-refractivity contribution in [3.63, 3.8) is 0 Å². The maximum absolute atomic E-state index is 14.3. The average Bonchev–Trinajstić information content (AvgIpc) is 2.93. The largest absolute Gasteiger partial charge is 0.453 e. The summed E-state index contributed by atoms with van der Waals surface area (Å²) in [6.45, 7) is 0.965. The van der Waals surface area contributed by atoms with Crippen LogP contribution in [0.2, 0.25) is 0 Å². The number of fused-ring (bicyclic) bond motifs is 2. The van der Waals surface area contributed by atoms with E-state index in [2.05, 4.69) is 9.88 Å². The zero-order valence-corrected chi connectivity index (χ0v) is 10.4. The molecule has 0 spiro atoms. The lowest BCUT2D eigenvalue weighted by molar-refractivity contribution is 0.171. The number of aromatic nitrogens is 1. The van der Waals surface area contributed by atoms with E-state index >= 15 is 0 Å². The fourth-order valence-corrected chi connectivity index (χ4v) is 2.21. The molecule has 1 aromatic carbocycles. The Balaban J connectivity index is 2.07. The number of hydrogen-bond donors (Lipinski definition) is 1. The van der Waals surface area contributed by atoms with E-state index in [4.69, 9.17) is 9.47 Å². The molecule has 0 bridgehead atoms. The Hall–Kier alpha value is -1.75. The highest BCUT2D eigenvalue weighted by atomic mass is 19.1. The number of nitrogens with one attached hydrogen (secondary N) is 1. The third-order valence-electron chi connectivity index (χ3n) is 3.16. The van der Waals surface area contributed by atoms with Crippen molar-refractivity contribution in [2.75, 3.05) is 27.4 Å². The molecule has 2 heterocycles. The van der Waals surface area contributed by atoms with Crippen molar-refractivity contribution in [2.24, 2.45) is 0 Å². The molecule has 0 aliphatic carbocycles. The van der Waals surface area contributed by atoms with E-state index in [0.717, 1.165) is 24.0 Å². The van der Waals surface area contributed by atoms with Crippen LogP contribution in [0.3, 0.4) is 0 Å². The molecule has 1 N–H and O–H groups in total. The van der Waals surface area contributed by atoms with Crippen molar-refractivity contribution in [3.8, 4) is 11.5 Å². The highest BCUT2D eigenvalue weighted by molar-refractivity contribution is 5.87. The van der Waals surface area contributed by atoms with Crippen LogP contribution in [-0.4, -0.2) is 37.3 Å². The highest BCUT2D eigenvalue weighted by Crippen LogP contribution is 2.40. The van der Waals surface area contributed by atoms with Crippen LogP contribution in [0.5, 0.6) is 11.5 Å². The number of rotatable bonds is 3. The topological polar surface area (TPSA) is 37.5 Å². The molecule has 96 valence electrons. The quantitative estimate of drug-likeness (QED) is 0.906. The Morgan fingerprint density at radius 3 is 3.00 bits per heavy atom.